The van der Waals surface area contributed by atoms with Gasteiger partial charge in [0, 0.05) is 29.6 Å². The van der Waals surface area contributed by atoms with E-state index in [0.29, 0.717) is 6.07 Å². The zero-order chi connectivity index (χ0) is 26.3. The SMILES string of the molecule is CC(C)(C)c1nc(C(=O)NCc2cc(F)c(-c3ccnc(NC(=O)C4CC4)c3)cc2C(F)(F)F)no1. The summed E-state index contributed by atoms with van der Waals surface area (Å²) in [6.45, 7) is 4.74. The lowest BCUT2D eigenvalue weighted by Crippen LogP contribution is -2.26. The van der Waals surface area contributed by atoms with Crippen LogP contribution in [0.15, 0.2) is 35.0 Å². The van der Waals surface area contributed by atoms with Crippen molar-refractivity contribution in [3.05, 3.63) is 59.1 Å². The number of benzene rings is 1. The van der Waals surface area contributed by atoms with Gasteiger partial charge in [-0.1, -0.05) is 25.9 Å². The van der Waals surface area contributed by atoms with Crippen molar-refractivity contribution in [3.63, 3.8) is 0 Å². The van der Waals surface area contributed by atoms with Crippen LogP contribution in [0, 0.1) is 11.7 Å². The fourth-order valence-corrected chi connectivity index (χ4v) is 3.36. The number of nitrogens with one attached hydrogen (secondary N) is 2. The van der Waals surface area contributed by atoms with E-state index in [0.717, 1.165) is 18.9 Å². The molecule has 0 radical (unpaired) electrons. The summed E-state index contributed by atoms with van der Waals surface area (Å²) in [5.74, 6) is -2.19. The number of hydrogen-bond donors (Lipinski definition) is 2. The van der Waals surface area contributed by atoms with Crippen LogP contribution in [0.5, 0.6) is 0 Å². The molecule has 0 spiro atoms. The van der Waals surface area contributed by atoms with E-state index in [1.807, 2.05) is 0 Å². The lowest BCUT2D eigenvalue weighted by Gasteiger charge is -2.16. The molecule has 0 bridgehead atoms. The highest BCUT2D eigenvalue weighted by Gasteiger charge is 2.35. The van der Waals surface area contributed by atoms with E-state index in [2.05, 4.69) is 25.8 Å². The maximum atomic E-state index is 15.0. The Morgan fingerprint density at radius 3 is 2.47 bits per heavy atom. The topological polar surface area (TPSA) is 110 Å². The van der Waals surface area contributed by atoms with Crippen LogP contribution in [0.1, 0.15) is 61.2 Å². The molecule has 2 amide bonds. The number of pyridine rings is 1. The molecule has 1 fully saturated rings. The van der Waals surface area contributed by atoms with E-state index in [1.54, 1.807) is 20.8 Å². The van der Waals surface area contributed by atoms with Gasteiger partial charge in [0.1, 0.15) is 11.6 Å². The number of anilines is 1. The number of aromatic nitrogens is 3. The molecule has 36 heavy (non-hydrogen) atoms. The van der Waals surface area contributed by atoms with Gasteiger partial charge in [-0.05, 0) is 48.2 Å². The molecule has 1 aliphatic carbocycles. The Bertz CT molecular complexity index is 1310. The molecular weight excluding hydrogens is 482 g/mol. The van der Waals surface area contributed by atoms with Gasteiger partial charge in [0.2, 0.25) is 11.8 Å². The third-order valence-corrected chi connectivity index (χ3v) is 5.48. The Morgan fingerprint density at radius 2 is 1.86 bits per heavy atom. The quantitative estimate of drug-likeness (QED) is 0.463. The summed E-state index contributed by atoms with van der Waals surface area (Å²) in [7, 11) is 0. The number of carbonyl (C=O) groups excluding carboxylic acids is 2. The highest BCUT2D eigenvalue weighted by Crippen LogP contribution is 2.37. The van der Waals surface area contributed by atoms with Crippen LogP contribution in [-0.2, 0) is 22.9 Å². The van der Waals surface area contributed by atoms with Gasteiger partial charge >= 0.3 is 6.18 Å². The summed E-state index contributed by atoms with van der Waals surface area (Å²) < 4.78 is 61.6. The van der Waals surface area contributed by atoms with Crippen LogP contribution in [0.3, 0.4) is 0 Å². The van der Waals surface area contributed by atoms with Crippen molar-refractivity contribution in [2.75, 3.05) is 5.32 Å². The van der Waals surface area contributed by atoms with E-state index in [-0.39, 0.29) is 40.5 Å². The molecular formula is C24H23F4N5O3. The van der Waals surface area contributed by atoms with E-state index >= 15 is 0 Å². The first-order chi connectivity index (χ1) is 16.8. The second-order valence-electron chi connectivity index (χ2n) is 9.54. The smallest absolute Gasteiger partial charge is 0.345 e. The molecule has 8 nitrogen and oxygen atoms in total. The molecule has 2 N–H and O–H groups in total. The first-order valence-electron chi connectivity index (χ1n) is 11.1. The number of alkyl halides is 3. The lowest BCUT2D eigenvalue weighted by molar-refractivity contribution is -0.138. The third-order valence-electron chi connectivity index (χ3n) is 5.48. The van der Waals surface area contributed by atoms with Crippen molar-refractivity contribution in [1.82, 2.24) is 20.4 Å². The molecule has 3 aromatic rings. The zero-order valence-electron chi connectivity index (χ0n) is 19.7. The number of rotatable bonds is 6. The largest absolute Gasteiger partial charge is 0.416 e. The maximum Gasteiger partial charge on any atom is 0.416 e. The molecule has 0 saturated heterocycles. The number of amides is 2. The van der Waals surface area contributed by atoms with Crippen molar-refractivity contribution in [1.29, 1.82) is 0 Å². The van der Waals surface area contributed by atoms with Crippen molar-refractivity contribution in [2.24, 2.45) is 5.92 Å². The Labute approximate surface area is 203 Å². The average molecular weight is 505 g/mol. The normalized spacial score (nSPS) is 14.0. The molecule has 2 heterocycles. The zero-order valence-corrected chi connectivity index (χ0v) is 19.7. The number of carbonyl (C=O) groups is 2. The van der Waals surface area contributed by atoms with E-state index in [1.165, 1.54) is 18.3 Å². The minimum atomic E-state index is -4.83. The van der Waals surface area contributed by atoms with E-state index in [4.69, 9.17) is 4.52 Å². The number of nitrogens with zero attached hydrogens (tertiary/aromatic N) is 3. The molecule has 1 aromatic carbocycles. The standard InChI is InChI=1S/C24H23F4N5O3/c1-23(2,3)22-32-19(33-36-22)21(35)30-11-14-8-17(25)15(10-16(14)24(26,27)28)13-6-7-29-18(9-13)31-20(34)12-4-5-12/h6-10,12H,4-5,11H2,1-3H3,(H,30,35)(H,29,31,34). The molecule has 2 aromatic heterocycles. The Hall–Kier alpha value is -3.83. The lowest BCUT2D eigenvalue weighted by atomic mass is 9.97. The van der Waals surface area contributed by atoms with Gasteiger partial charge in [0.05, 0.1) is 5.56 Å². The van der Waals surface area contributed by atoms with Gasteiger partial charge in [0.15, 0.2) is 0 Å². The summed E-state index contributed by atoms with van der Waals surface area (Å²) in [4.78, 5) is 32.3. The fraction of sp³-hybridized carbons (Fsp3) is 0.375. The van der Waals surface area contributed by atoms with Gasteiger partial charge in [-0.3, -0.25) is 9.59 Å². The Balaban J connectivity index is 1.58. The predicted molar refractivity (Wildman–Crippen MR) is 120 cm³/mol. The molecule has 1 saturated carbocycles. The molecule has 12 heteroatoms. The van der Waals surface area contributed by atoms with Gasteiger partial charge in [-0.2, -0.15) is 18.2 Å². The average Bonchev–Trinajstić information content (AvgIpc) is 3.51. The van der Waals surface area contributed by atoms with Gasteiger partial charge in [0.25, 0.3) is 11.7 Å². The molecule has 0 atom stereocenters. The minimum Gasteiger partial charge on any atom is -0.345 e. The van der Waals surface area contributed by atoms with Crippen LogP contribution in [-0.4, -0.2) is 26.9 Å². The molecule has 0 aliphatic heterocycles. The summed E-state index contributed by atoms with van der Waals surface area (Å²) in [5.41, 5.74) is -2.34. The summed E-state index contributed by atoms with van der Waals surface area (Å²) >= 11 is 0. The molecule has 4 rings (SSSR count). The second kappa shape index (κ2) is 9.32. The number of halogens is 4. The van der Waals surface area contributed by atoms with Gasteiger partial charge < -0.3 is 15.2 Å². The summed E-state index contributed by atoms with van der Waals surface area (Å²) in [6.07, 6.45) is -2.03. The monoisotopic (exact) mass is 505 g/mol. The van der Waals surface area contributed by atoms with Crippen molar-refractivity contribution >= 4 is 17.6 Å². The summed E-state index contributed by atoms with van der Waals surface area (Å²) in [5, 5.41) is 8.42. The van der Waals surface area contributed by atoms with Crippen LogP contribution in [0.25, 0.3) is 11.1 Å². The first-order valence-corrected chi connectivity index (χ1v) is 11.1. The van der Waals surface area contributed by atoms with Gasteiger partial charge in [-0.25, -0.2) is 9.37 Å². The van der Waals surface area contributed by atoms with Crippen molar-refractivity contribution in [3.8, 4) is 11.1 Å². The number of hydrogen-bond acceptors (Lipinski definition) is 6. The first kappa shape index (κ1) is 25.3. The highest BCUT2D eigenvalue weighted by atomic mass is 19.4. The van der Waals surface area contributed by atoms with E-state index < -0.39 is 41.0 Å². The van der Waals surface area contributed by atoms with Crippen LogP contribution in [0.2, 0.25) is 0 Å². The molecule has 1 aliphatic rings. The molecule has 190 valence electrons. The Kier molecular flexibility index (Phi) is 6.54. The third kappa shape index (κ3) is 5.69. The van der Waals surface area contributed by atoms with Crippen LogP contribution in [0.4, 0.5) is 23.4 Å². The summed E-state index contributed by atoms with van der Waals surface area (Å²) in [6, 6.07) is 4.04. The minimum absolute atomic E-state index is 0.106. The van der Waals surface area contributed by atoms with Crippen molar-refractivity contribution < 1.29 is 31.7 Å². The second-order valence-corrected chi connectivity index (χ2v) is 9.54. The Morgan fingerprint density at radius 1 is 1.14 bits per heavy atom. The van der Waals surface area contributed by atoms with Crippen LogP contribution < -0.4 is 10.6 Å². The van der Waals surface area contributed by atoms with Gasteiger partial charge in [-0.15, -0.1) is 0 Å². The fourth-order valence-electron chi connectivity index (χ4n) is 3.36. The predicted octanol–water partition coefficient (Wildman–Crippen LogP) is 4.87. The highest BCUT2D eigenvalue weighted by molar-refractivity contribution is 5.93. The maximum absolute atomic E-state index is 15.0. The van der Waals surface area contributed by atoms with Crippen LogP contribution >= 0.6 is 0 Å². The van der Waals surface area contributed by atoms with Crippen molar-refractivity contribution in [2.45, 2.75) is 51.7 Å². The molecule has 0 unspecified atom stereocenters. The van der Waals surface area contributed by atoms with E-state index in [9.17, 15) is 27.2 Å².